The number of furan rings is 1. The van der Waals surface area contributed by atoms with E-state index < -0.39 is 17.7 Å². The molecule has 2 aromatic rings. The van der Waals surface area contributed by atoms with Gasteiger partial charge in [-0.1, -0.05) is 11.6 Å². The number of hydrogen-bond donors (Lipinski definition) is 1. The molecule has 7 nitrogen and oxygen atoms in total. The number of benzene rings is 1. The number of aliphatic hydroxyl groups excluding tert-OH is 1. The Morgan fingerprint density at radius 2 is 2.07 bits per heavy atom. The van der Waals surface area contributed by atoms with Gasteiger partial charge in [0, 0.05) is 12.1 Å². The highest BCUT2D eigenvalue weighted by Gasteiger charge is 2.47. The quantitative estimate of drug-likeness (QED) is 0.389. The number of carbonyl (C=O) groups excluding carboxylic acids is 2. The first-order valence-corrected chi connectivity index (χ1v) is 10.1. The van der Waals surface area contributed by atoms with Gasteiger partial charge in [0.25, 0.3) is 11.7 Å². The third kappa shape index (κ3) is 4.37. The Bertz CT molecular complexity index is 952. The van der Waals surface area contributed by atoms with Gasteiger partial charge in [0.05, 0.1) is 23.5 Å². The van der Waals surface area contributed by atoms with Crippen LogP contribution in [0.5, 0.6) is 5.75 Å². The van der Waals surface area contributed by atoms with Crippen LogP contribution in [-0.4, -0.2) is 60.4 Å². The molecule has 1 N–H and O–H groups in total. The second kappa shape index (κ2) is 9.36. The molecule has 1 fully saturated rings. The highest BCUT2D eigenvalue weighted by molar-refractivity contribution is 6.46. The lowest BCUT2D eigenvalue weighted by Gasteiger charge is -2.24. The van der Waals surface area contributed by atoms with Crippen LogP contribution in [0, 0.1) is 0 Å². The summed E-state index contributed by atoms with van der Waals surface area (Å²) < 4.78 is 10.9. The number of hydrogen-bond acceptors (Lipinski definition) is 6. The molecule has 3 rings (SSSR count). The first-order valence-electron chi connectivity index (χ1n) is 9.74. The summed E-state index contributed by atoms with van der Waals surface area (Å²) in [6.45, 7) is 3.39. The summed E-state index contributed by atoms with van der Waals surface area (Å²) >= 11 is 6.24. The van der Waals surface area contributed by atoms with Crippen LogP contribution >= 0.6 is 11.6 Å². The maximum absolute atomic E-state index is 12.9. The highest BCUT2D eigenvalue weighted by Crippen LogP contribution is 2.40. The molecule has 0 radical (unpaired) electrons. The minimum atomic E-state index is -0.799. The number of likely N-dealkylation sites (tertiary alicyclic amines) is 1. The van der Waals surface area contributed by atoms with Crippen LogP contribution in [0.3, 0.4) is 0 Å². The Balaban J connectivity index is 2.03. The number of amides is 1. The topological polar surface area (TPSA) is 83.2 Å². The van der Waals surface area contributed by atoms with E-state index >= 15 is 0 Å². The van der Waals surface area contributed by atoms with Gasteiger partial charge in [-0.3, -0.25) is 9.59 Å². The summed E-state index contributed by atoms with van der Waals surface area (Å²) in [5.74, 6) is -0.813. The van der Waals surface area contributed by atoms with Gasteiger partial charge >= 0.3 is 0 Å². The molecule has 160 valence electrons. The van der Waals surface area contributed by atoms with Crippen LogP contribution < -0.4 is 4.74 Å². The zero-order valence-electron chi connectivity index (χ0n) is 17.2. The standard InChI is InChI=1S/C22H25ClN2O5/c1-4-29-16-9-8-14(13-15(16)23)20(26)18-19(17-7-5-12-30-17)25(22(28)21(18)27)11-6-10-24(2)3/h5,7-9,12-13,19,26H,4,6,10-11H2,1-3H3/t19-/m0/s1. The lowest BCUT2D eigenvalue weighted by atomic mass is 9.99. The molecule has 1 aliphatic heterocycles. The van der Waals surface area contributed by atoms with Gasteiger partial charge in [0.1, 0.15) is 23.3 Å². The van der Waals surface area contributed by atoms with Crippen molar-refractivity contribution in [3.05, 3.63) is 58.5 Å². The summed E-state index contributed by atoms with van der Waals surface area (Å²) in [6, 6.07) is 7.31. The number of nitrogens with zero attached hydrogens (tertiary/aromatic N) is 2. The van der Waals surface area contributed by atoms with Gasteiger partial charge in [-0.15, -0.1) is 0 Å². The van der Waals surface area contributed by atoms with Crippen molar-refractivity contribution >= 4 is 29.1 Å². The van der Waals surface area contributed by atoms with Crippen molar-refractivity contribution in [2.45, 2.75) is 19.4 Å². The molecule has 0 bridgehead atoms. The molecule has 0 spiro atoms. The van der Waals surface area contributed by atoms with Gasteiger partial charge in [-0.2, -0.15) is 0 Å². The van der Waals surface area contributed by atoms with Crippen LogP contribution in [0.4, 0.5) is 0 Å². The molecule has 1 atom stereocenters. The smallest absolute Gasteiger partial charge is 0.295 e. The first kappa shape index (κ1) is 21.9. The fraction of sp³-hybridized carbons (Fsp3) is 0.364. The minimum absolute atomic E-state index is 0.0139. The van der Waals surface area contributed by atoms with Crippen molar-refractivity contribution in [2.75, 3.05) is 33.8 Å². The van der Waals surface area contributed by atoms with Crippen LogP contribution in [0.15, 0.2) is 46.6 Å². The van der Waals surface area contributed by atoms with E-state index in [1.807, 2.05) is 25.9 Å². The van der Waals surface area contributed by atoms with Crippen molar-refractivity contribution in [1.29, 1.82) is 0 Å². The lowest BCUT2D eigenvalue weighted by molar-refractivity contribution is -0.140. The zero-order valence-corrected chi connectivity index (χ0v) is 18.0. The Morgan fingerprint density at radius 1 is 1.30 bits per heavy atom. The molecular weight excluding hydrogens is 408 g/mol. The van der Waals surface area contributed by atoms with Crippen LogP contribution in [0.1, 0.15) is 30.7 Å². The molecule has 1 saturated heterocycles. The van der Waals surface area contributed by atoms with E-state index in [4.69, 9.17) is 20.8 Å². The molecule has 30 heavy (non-hydrogen) atoms. The van der Waals surface area contributed by atoms with Crippen molar-refractivity contribution in [3.8, 4) is 5.75 Å². The van der Waals surface area contributed by atoms with E-state index in [2.05, 4.69) is 0 Å². The second-order valence-electron chi connectivity index (χ2n) is 7.24. The number of ketones is 1. The Hall–Kier alpha value is -2.77. The van der Waals surface area contributed by atoms with Gasteiger partial charge in [-0.05, 0) is 64.3 Å². The van der Waals surface area contributed by atoms with E-state index in [0.29, 0.717) is 41.7 Å². The summed E-state index contributed by atoms with van der Waals surface area (Å²) in [5.41, 5.74) is 0.311. The predicted molar refractivity (Wildman–Crippen MR) is 114 cm³/mol. The largest absolute Gasteiger partial charge is 0.507 e. The molecule has 8 heteroatoms. The molecule has 0 saturated carbocycles. The van der Waals surface area contributed by atoms with Gasteiger partial charge in [0.2, 0.25) is 0 Å². The van der Waals surface area contributed by atoms with Gasteiger partial charge in [0.15, 0.2) is 0 Å². The van der Waals surface area contributed by atoms with Crippen molar-refractivity contribution in [1.82, 2.24) is 9.80 Å². The SMILES string of the molecule is CCOc1ccc(C(O)=C2C(=O)C(=O)N(CCCN(C)C)[C@H]2c2ccco2)cc1Cl. The second-order valence-corrected chi connectivity index (χ2v) is 7.65. The number of ether oxygens (including phenoxy) is 1. The number of Topliss-reactive ketones (excluding diaryl/α,β-unsaturated/α-hetero) is 1. The molecule has 0 unspecified atom stereocenters. The van der Waals surface area contributed by atoms with Gasteiger partial charge in [-0.25, -0.2) is 0 Å². The van der Waals surface area contributed by atoms with Crippen molar-refractivity contribution in [2.24, 2.45) is 0 Å². The van der Waals surface area contributed by atoms with E-state index in [9.17, 15) is 14.7 Å². The van der Waals surface area contributed by atoms with Crippen molar-refractivity contribution < 1.29 is 23.8 Å². The summed E-state index contributed by atoms with van der Waals surface area (Å²) in [4.78, 5) is 29.1. The molecule has 0 aliphatic carbocycles. The van der Waals surface area contributed by atoms with Crippen LogP contribution in [-0.2, 0) is 9.59 Å². The van der Waals surface area contributed by atoms with Crippen molar-refractivity contribution in [3.63, 3.8) is 0 Å². The molecular formula is C22H25ClN2O5. The molecule has 2 heterocycles. The average Bonchev–Trinajstić information content (AvgIpc) is 3.31. The fourth-order valence-electron chi connectivity index (χ4n) is 3.49. The fourth-order valence-corrected chi connectivity index (χ4v) is 3.72. The monoisotopic (exact) mass is 432 g/mol. The summed E-state index contributed by atoms with van der Waals surface area (Å²) in [6.07, 6.45) is 2.15. The molecule has 1 amide bonds. The molecule has 1 aromatic heterocycles. The highest BCUT2D eigenvalue weighted by atomic mass is 35.5. The van der Waals surface area contributed by atoms with Crippen LogP contribution in [0.2, 0.25) is 5.02 Å². The Labute approximate surface area is 180 Å². The van der Waals surface area contributed by atoms with Crippen LogP contribution in [0.25, 0.3) is 5.76 Å². The number of halogens is 1. The molecule has 1 aliphatic rings. The third-order valence-electron chi connectivity index (χ3n) is 4.86. The molecule has 1 aromatic carbocycles. The van der Waals surface area contributed by atoms with E-state index in [0.717, 1.165) is 6.54 Å². The number of aliphatic hydroxyl groups is 1. The van der Waals surface area contributed by atoms with E-state index in [-0.39, 0.29) is 11.3 Å². The minimum Gasteiger partial charge on any atom is -0.507 e. The lowest BCUT2D eigenvalue weighted by Crippen LogP contribution is -2.32. The number of carbonyl (C=O) groups is 2. The first-order chi connectivity index (χ1) is 14.3. The third-order valence-corrected chi connectivity index (χ3v) is 5.16. The Morgan fingerprint density at radius 3 is 2.67 bits per heavy atom. The zero-order chi connectivity index (χ0) is 21.8. The maximum Gasteiger partial charge on any atom is 0.295 e. The normalized spacial score (nSPS) is 18.4. The van der Waals surface area contributed by atoms with E-state index in [1.54, 1.807) is 24.3 Å². The van der Waals surface area contributed by atoms with Gasteiger partial charge < -0.3 is 24.1 Å². The Kier molecular flexibility index (Phi) is 6.84. The average molecular weight is 433 g/mol. The number of rotatable bonds is 8. The summed E-state index contributed by atoms with van der Waals surface area (Å²) in [7, 11) is 3.88. The predicted octanol–water partition coefficient (Wildman–Crippen LogP) is 3.71. The maximum atomic E-state index is 12.9. The van der Waals surface area contributed by atoms with E-state index in [1.165, 1.54) is 17.2 Å². The summed E-state index contributed by atoms with van der Waals surface area (Å²) in [5, 5.41) is 11.3.